The Morgan fingerprint density at radius 1 is 0.250 bits per heavy atom. The molecule has 0 atom stereocenters. The topological polar surface area (TPSA) is 61.4 Å². The van der Waals surface area contributed by atoms with Crippen molar-refractivity contribution in [3.8, 4) is 79.2 Å². The van der Waals surface area contributed by atoms with Gasteiger partial charge in [0.05, 0.1) is 33.5 Å². The molecule has 0 saturated carbocycles. The molecule has 0 bridgehead atoms. The first kappa shape index (κ1) is 39.1. The molecule has 0 spiro atoms. The average Bonchev–Trinajstić information content (AvgIpc) is 3.95. The van der Waals surface area contributed by atoms with E-state index in [1.165, 1.54) is 0 Å². The summed E-state index contributed by atoms with van der Waals surface area (Å²) in [6.07, 6.45) is 0. The Bertz CT molecular complexity index is 3920. The van der Waals surface area contributed by atoms with Crippen molar-refractivity contribution in [1.29, 1.82) is 0 Å². The van der Waals surface area contributed by atoms with Gasteiger partial charge >= 0.3 is 0 Å². The molecule has 6 nitrogen and oxygen atoms in total. The van der Waals surface area contributed by atoms with Gasteiger partial charge in [-0.25, -0.2) is 9.97 Å². The van der Waals surface area contributed by atoms with Gasteiger partial charge in [-0.15, -0.1) is 0 Å². The third kappa shape index (κ3) is 6.74. The third-order valence-corrected chi connectivity index (χ3v) is 13.0. The van der Waals surface area contributed by atoms with Crippen molar-refractivity contribution in [3.63, 3.8) is 0 Å². The van der Waals surface area contributed by atoms with Gasteiger partial charge in [-0.05, 0) is 58.7 Å². The minimum absolute atomic E-state index is 0.547. The number of benzene rings is 9. The van der Waals surface area contributed by atoms with Gasteiger partial charge in [-0.3, -0.25) is 4.57 Å². The lowest BCUT2D eigenvalue weighted by Gasteiger charge is -2.14. The van der Waals surface area contributed by atoms with Crippen LogP contribution < -0.4 is 0 Å². The van der Waals surface area contributed by atoms with Crippen LogP contribution in [0.1, 0.15) is 0 Å². The van der Waals surface area contributed by atoms with E-state index in [0.29, 0.717) is 17.6 Å². The fourth-order valence-corrected chi connectivity index (χ4v) is 9.74. The molecule has 0 N–H and O–H groups in total. The summed E-state index contributed by atoms with van der Waals surface area (Å²) in [6, 6.07) is 85.1. The molecule has 6 heteroatoms. The summed E-state index contributed by atoms with van der Waals surface area (Å²) in [5.74, 6) is 1.75. The van der Waals surface area contributed by atoms with Crippen molar-refractivity contribution >= 4 is 43.6 Å². The van der Waals surface area contributed by atoms with E-state index >= 15 is 0 Å². The predicted octanol–water partition coefficient (Wildman–Crippen LogP) is 15.5. The normalized spacial score (nSPS) is 11.5. The highest BCUT2D eigenvalue weighted by Gasteiger charge is 2.24. The standard InChI is InChI=1S/C62H40N6/c1-5-17-41(18-6-1)43-29-31-47(32-30-43)61-64-60(46-23-11-4-12-24-46)65-62(66-61)68-57-28-16-14-26-51(57)53-38-37-52-50-25-13-15-27-56(50)67(58(52)59(53)68)49-35-33-45(34-36-49)55-40-48(42-19-7-2-8-20-42)39-54(63-55)44-21-9-3-10-22-44/h1-40H. The van der Waals surface area contributed by atoms with Gasteiger partial charge in [0.25, 0.3) is 0 Å². The van der Waals surface area contributed by atoms with E-state index in [1.54, 1.807) is 0 Å². The first-order chi connectivity index (χ1) is 33.7. The van der Waals surface area contributed by atoms with Crippen molar-refractivity contribution in [2.75, 3.05) is 0 Å². The smallest absolute Gasteiger partial charge is 0.238 e. The second-order valence-electron chi connectivity index (χ2n) is 17.1. The first-order valence-electron chi connectivity index (χ1n) is 22.9. The number of rotatable bonds is 8. The molecule has 4 heterocycles. The van der Waals surface area contributed by atoms with E-state index in [-0.39, 0.29) is 0 Å². The highest BCUT2D eigenvalue weighted by atomic mass is 15.2. The number of hydrogen-bond acceptors (Lipinski definition) is 4. The molecule has 0 aliphatic rings. The largest absolute Gasteiger partial charge is 0.307 e. The lowest BCUT2D eigenvalue weighted by atomic mass is 10.00. The van der Waals surface area contributed by atoms with Crippen molar-refractivity contribution in [2.24, 2.45) is 0 Å². The molecule has 0 radical (unpaired) electrons. The number of nitrogens with zero attached hydrogens (tertiary/aromatic N) is 6. The summed E-state index contributed by atoms with van der Waals surface area (Å²) in [5.41, 5.74) is 15.6. The van der Waals surface area contributed by atoms with Gasteiger partial charge < -0.3 is 4.57 Å². The number of fused-ring (bicyclic) bond motifs is 7. The first-order valence-corrected chi connectivity index (χ1v) is 22.9. The zero-order valence-corrected chi connectivity index (χ0v) is 36.8. The van der Waals surface area contributed by atoms with E-state index in [0.717, 1.165) is 105 Å². The molecule has 0 saturated heterocycles. The Hall–Kier alpha value is -9.26. The quantitative estimate of drug-likeness (QED) is 0.153. The molecule has 0 aliphatic carbocycles. The number of hydrogen-bond donors (Lipinski definition) is 0. The van der Waals surface area contributed by atoms with Crippen LogP contribution in [0, 0.1) is 0 Å². The molecule has 4 aromatic heterocycles. The lowest BCUT2D eigenvalue weighted by Crippen LogP contribution is -2.07. The molecule has 318 valence electrons. The molecule has 9 aromatic carbocycles. The second kappa shape index (κ2) is 16.3. The molecule has 0 aliphatic heterocycles. The minimum Gasteiger partial charge on any atom is -0.307 e. The predicted molar refractivity (Wildman–Crippen MR) is 279 cm³/mol. The van der Waals surface area contributed by atoms with Gasteiger partial charge in [0, 0.05) is 49.5 Å². The molecular weight excluding hydrogens is 829 g/mol. The van der Waals surface area contributed by atoms with E-state index < -0.39 is 0 Å². The van der Waals surface area contributed by atoms with E-state index in [9.17, 15) is 0 Å². The molecule has 0 fully saturated rings. The Balaban J connectivity index is 1.03. The van der Waals surface area contributed by atoms with Crippen LogP contribution in [0.3, 0.4) is 0 Å². The zero-order chi connectivity index (χ0) is 45.0. The molecule has 13 aromatic rings. The Morgan fingerprint density at radius 3 is 1.19 bits per heavy atom. The van der Waals surface area contributed by atoms with Crippen molar-refractivity contribution in [1.82, 2.24) is 29.1 Å². The fraction of sp³-hybridized carbons (Fsp3) is 0. The molecular formula is C62H40N6. The Morgan fingerprint density at radius 2 is 0.632 bits per heavy atom. The van der Waals surface area contributed by atoms with Crippen molar-refractivity contribution in [2.45, 2.75) is 0 Å². The number of pyridine rings is 1. The fourth-order valence-electron chi connectivity index (χ4n) is 9.74. The summed E-state index contributed by atoms with van der Waals surface area (Å²) in [5, 5.41) is 4.53. The van der Waals surface area contributed by atoms with Gasteiger partial charge in [0.1, 0.15) is 0 Å². The molecule has 68 heavy (non-hydrogen) atoms. The second-order valence-corrected chi connectivity index (χ2v) is 17.1. The highest BCUT2D eigenvalue weighted by molar-refractivity contribution is 6.23. The van der Waals surface area contributed by atoms with Gasteiger partial charge in [-0.1, -0.05) is 206 Å². The summed E-state index contributed by atoms with van der Waals surface area (Å²) < 4.78 is 4.65. The summed E-state index contributed by atoms with van der Waals surface area (Å²) >= 11 is 0. The van der Waals surface area contributed by atoms with Crippen LogP contribution in [0.5, 0.6) is 0 Å². The van der Waals surface area contributed by atoms with Crippen molar-refractivity contribution in [3.05, 3.63) is 243 Å². The maximum absolute atomic E-state index is 5.37. The summed E-state index contributed by atoms with van der Waals surface area (Å²) in [6.45, 7) is 0. The van der Waals surface area contributed by atoms with E-state index in [2.05, 4.69) is 221 Å². The van der Waals surface area contributed by atoms with Crippen LogP contribution >= 0.6 is 0 Å². The van der Waals surface area contributed by atoms with E-state index in [1.807, 2.05) is 30.3 Å². The molecule has 0 unspecified atom stereocenters. The Kier molecular flexibility index (Phi) is 9.39. The van der Waals surface area contributed by atoms with Crippen LogP contribution in [-0.2, 0) is 0 Å². The molecule has 0 amide bonds. The summed E-state index contributed by atoms with van der Waals surface area (Å²) in [4.78, 5) is 21.1. The lowest BCUT2D eigenvalue weighted by molar-refractivity contribution is 0.953. The average molecular weight is 869 g/mol. The van der Waals surface area contributed by atoms with Crippen LogP contribution in [0.4, 0.5) is 0 Å². The SMILES string of the molecule is c1ccc(-c2ccc(-c3nc(-c4ccccc4)nc(-n4c5ccccc5c5ccc6c7ccccc7n(-c7ccc(-c8cc(-c9ccccc9)cc(-c9ccccc9)n8)cc7)c6c54)n3)cc2)cc1. The Labute approximate surface area is 392 Å². The van der Waals surface area contributed by atoms with Gasteiger partial charge in [0.15, 0.2) is 11.6 Å². The number of para-hydroxylation sites is 2. The highest BCUT2D eigenvalue weighted by Crippen LogP contribution is 2.42. The number of aromatic nitrogens is 6. The van der Waals surface area contributed by atoms with Crippen molar-refractivity contribution < 1.29 is 0 Å². The summed E-state index contributed by atoms with van der Waals surface area (Å²) in [7, 11) is 0. The maximum atomic E-state index is 5.37. The van der Waals surface area contributed by atoms with Gasteiger partial charge in [0.2, 0.25) is 5.95 Å². The minimum atomic E-state index is 0.547. The maximum Gasteiger partial charge on any atom is 0.238 e. The van der Waals surface area contributed by atoms with Crippen LogP contribution in [0.25, 0.3) is 123 Å². The zero-order valence-electron chi connectivity index (χ0n) is 36.8. The third-order valence-electron chi connectivity index (χ3n) is 13.0. The van der Waals surface area contributed by atoms with Crippen LogP contribution in [0.2, 0.25) is 0 Å². The van der Waals surface area contributed by atoms with Crippen LogP contribution in [0.15, 0.2) is 243 Å². The van der Waals surface area contributed by atoms with E-state index in [4.69, 9.17) is 19.9 Å². The van der Waals surface area contributed by atoms with Crippen LogP contribution in [-0.4, -0.2) is 29.1 Å². The van der Waals surface area contributed by atoms with Gasteiger partial charge in [-0.2, -0.15) is 9.97 Å². The molecule has 13 rings (SSSR count). The monoisotopic (exact) mass is 868 g/mol.